The minimum Gasteiger partial charge on any atom is -0.346 e. The quantitative estimate of drug-likeness (QED) is 0.772. The van der Waals surface area contributed by atoms with Gasteiger partial charge in [-0.25, -0.2) is 4.98 Å². The number of aromatic nitrogens is 1. The first-order valence-corrected chi connectivity index (χ1v) is 6.12. The van der Waals surface area contributed by atoms with Crippen molar-refractivity contribution in [3.05, 3.63) is 11.1 Å². The molecule has 1 aliphatic rings. The molecule has 0 atom stereocenters. The van der Waals surface area contributed by atoms with Gasteiger partial charge in [-0.05, 0) is 6.92 Å². The van der Waals surface area contributed by atoms with Crippen LogP contribution in [0.2, 0.25) is 0 Å². The highest BCUT2D eigenvalue weighted by Gasteiger charge is 2.12. The van der Waals surface area contributed by atoms with E-state index < -0.39 is 0 Å². The molecule has 0 saturated carbocycles. The van der Waals surface area contributed by atoms with E-state index in [1.165, 1.54) is 5.13 Å². The van der Waals surface area contributed by atoms with Gasteiger partial charge in [0.15, 0.2) is 5.13 Å². The third-order valence-electron chi connectivity index (χ3n) is 1.99. The Hall–Kier alpha value is -0.610. The lowest BCUT2D eigenvalue weighted by Crippen LogP contribution is -2.43. The summed E-state index contributed by atoms with van der Waals surface area (Å²) in [6.45, 7) is 10.4. The summed E-state index contributed by atoms with van der Waals surface area (Å²) in [4.78, 5) is 6.79. The van der Waals surface area contributed by atoms with Crippen LogP contribution in [0.5, 0.6) is 0 Å². The van der Waals surface area contributed by atoms with E-state index in [1.54, 1.807) is 11.3 Å². The molecule has 0 aromatic carbocycles. The van der Waals surface area contributed by atoms with E-state index in [1.807, 2.05) is 20.8 Å². The lowest BCUT2D eigenvalue weighted by atomic mass is 10.4. The topological polar surface area (TPSA) is 28.2 Å². The predicted octanol–water partition coefficient (Wildman–Crippen LogP) is 1.89. The maximum atomic E-state index is 4.45. The van der Waals surface area contributed by atoms with Gasteiger partial charge >= 0.3 is 0 Å². The number of rotatable bonds is 1. The average Bonchev–Trinajstić information content (AvgIpc) is 2.69. The van der Waals surface area contributed by atoms with Crippen LogP contribution in [0.15, 0.2) is 5.38 Å². The van der Waals surface area contributed by atoms with Gasteiger partial charge in [-0.1, -0.05) is 13.8 Å². The Balaban J connectivity index is 0.000000461. The van der Waals surface area contributed by atoms with Gasteiger partial charge in [0, 0.05) is 31.6 Å². The largest absolute Gasteiger partial charge is 0.346 e. The third-order valence-corrected chi connectivity index (χ3v) is 3.01. The van der Waals surface area contributed by atoms with Crippen LogP contribution >= 0.6 is 11.3 Å². The summed E-state index contributed by atoms with van der Waals surface area (Å²) in [6, 6.07) is 0. The maximum absolute atomic E-state index is 4.45. The van der Waals surface area contributed by atoms with Crippen LogP contribution in [0.4, 0.5) is 5.13 Å². The summed E-state index contributed by atoms with van der Waals surface area (Å²) in [6.07, 6.45) is 0. The normalized spacial score (nSPS) is 16.1. The Morgan fingerprint density at radius 2 is 2.00 bits per heavy atom. The highest BCUT2D eigenvalue weighted by molar-refractivity contribution is 7.13. The SMILES string of the molecule is CC.Cc1csc(N2CCNCC2)n1. The molecule has 0 aliphatic carbocycles. The molecular weight excluding hydrogens is 194 g/mol. The van der Waals surface area contributed by atoms with Gasteiger partial charge in [0.2, 0.25) is 0 Å². The lowest BCUT2D eigenvalue weighted by Gasteiger charge is -2.26. The smallest absolute Gasteiger partial charge is 0.185 e. The summed E-state index contributed by atoms with van der Waals surface area (Å²) in [7, 11) is 0. The molecule has 0 amide bonds. The van der Waals surface area contributed by atoms with Gasteiger partial charge in [0.25, 0.3) is 0 Å². The molecule has 14 heavy (non-hydrogen) atoms. The number of thiazole rings is 1. The van der Waals surface area contributed by atoms with Gasteiger partial charge in [0.1, 0.15) is 0 Å². The zero-order valence-electron chi connectivity index (χ0n) is 9.21. The molecule has 0 spiro atoms. The fourth-order valence-corrected chi connectivity index (χ4v) is 2.20. The first-order valence-electron chi connectivity index (χ1n) is 5.24. The fraction of sp³-hybridized carbons (Fsp3) is 0.700. The van der Waals surface area contributed by atoms with E-state index in [2.05, 4.69) is 20.6 Å². The molecule has 0 radical (unpaired) electrons. The van der Waals surface area contributed by atoms with Crippen LogP contribution in [-0.2, 0) is 0 Å². The maximum Gasteiger partial charge on any atom is 0.185 e. The zero-order chi connectivity index (χ0) is 10.4. The molecule has 1 aromatic heterocycles. The molecule has 1 N–H and O–H groups in total. The van der Waals surface area contributed by atoms with Crippen molar-refractivity contribution in [2.45, 2.75) is 20.8 Å². The first-order chi connectivity index (χ1) is 6.86. The number of piperazine rings is 1. The third kappa shape index (κ3) is 2.96. The van der Waals surface area contributed by atoms with Crippen molar-refractivity contribution in [1.29, 1.82) is 0 Å². The second kappa shape index (κ2) is 5.98. The molecule has 1 aromatic rings. The Labute approximate surface area is 90.2 Å². The summed E-state index contributed by atoms with van der Waals surface area (Å²) in [5.41, 5.74) is 1.13. The standard InChI is InChI=1S/C8H13N3S.C2H6/c1-7-6-12-8(10-7)11-4-2-9-3-5-11;1-2/h6,9H,2-5H2,1H3;1-2H3. The Bertz CT molecular complexity index is 254. The number of hydrogen-bond donors (Lipinski definition) is 1. The number of nitrogens with one attached hydrogen (secondary N) is 1. The predicted molar refractivity (Wildman–Crippen MR) is 63.3 cm³/mol. The van der Waals surface area contributed by atoms with Crippen LogP contribution < -0.4 is 10.2 Å². The van der Waals surface area contributed by atoms with E-state index in [-0.39, 0.29) is 0 Å². The molecule has 2 rings (SSSR count). The van der Waals surface area contributed by atoms with Gasteiger partial charge in [0.05, 0.1) is 5.69 Å². The number of aryl methyl sites for hydroxylation is 1. The zero-order valence-corrected chi connectivity index (χ0v) is 10.0. The van der Waals surface area contributed by atoms with E-state index in [0.717, 1.165) is 31.9 Å². The van der Waals surface area contributed by atoms with E-state index in [0.29, 0.717) is 0 Å². The van der Waals surface area contributed by atoms with Crippen LogP contribution in [0.3, 0.4) is 0 Å². The second-order valence-corrected chi connectivity index (χ2v) is 3.85. The molecule has 4 heteroatoms. The number of hydrogen-bond acceptors (Lipinski definition) is 4. The van der Waals surface area contributed by atoms with Crippen LogP contribution in [0.25, 0.3) is 0 Å². The summed E-state index contributed by atoms with van der Waals surface area (Å²) in [5.74, 6) is 0. The molecule has 1 saturated heterocycles. The van der Waals surface area contributed by atoms with Crippen molar-refractivity contribution in [3.8, 4) is 0 Å². The second-order valence-electron chi connectivity index (χ2n) is 3.01. The molecule has 0 unspecified atom stereocenters. The van der Waals surface area contributed by atoms with E-state index >= 15 is 0 Å². The minimum absolute atomic E-state index is 1.08. The van der Waals surface area contributed by atoms with Gasteiger partial charge < -0.3 is 10.2 Å². The Morgan fingerprint density at radius 1 is 1.36 bits per heavy atom. The molecule has 1 fully saturated rings. The molecule has 80 valence electrons. The van der Waals surface area contributed by atoms with Crippen LogP contribution in [-0.4, -0.2) is 31.2 Å². The van der Waals surface area contributed by atoms with Crippen molar-refractivity contribution in [2.24, 2.45) is 0 Å². The first kappa shape index (κ1) is 11.5. The average molecular weight is 213 g/mol. The lowest BCUT2D eigenvalue weighted by molar-refractivity contribution is 0.588. The Morgan fingerprint density at radius 3 is 2.50 bits per heavy atom. The van der Waals surface area contributed by atoms with E-state index in [9.17, 15) is 0 Å². The Kier molecular flexibility index (Phi) is 4.90. The number of nitrogens with zero attached hydrogens (tertiary/aromatic N) is 2. The van der Waals surface area contributed by atoms with Gasteiger partial charge in [-0.15, -0.1) is 11.3 Å². The summed E-state index contributed by atoms with van der Waals surface area (Å²) in [5, 5.41) is 6.61. The van der Waals surface area contributed by atoms with Crippen molar-refractivity contribution < 1.29 is 0 Å². The van der Waals surface area contributed by atoms with Crippen LogP contribution in [0.1, 0.15) is 19.5 Å². The van der Waals surface area contributed by atoms with Crippen molar-refractivity contribution in [3.63, 3.8) is 0 Å². The van der Waals surface area contributed by atoms with Gasteiger partial charge in [-0.3, -0.25) is 0 Å². The minimum atomic E-state index is 1.08. The molecule has 2 heterocycles. The van der Waals surface area contributed by atoms with Crippen LogP contribution in [0, 0.1) is 6.92 Å². The molecule has 3 nitrogen and oxygen atoms in total. The van der Waals surface area contributed by atoms with E-state index in [4.69, 9.17) is 0 Å². The number of anilines is 1. The molecular formula is C10H19N3S. The summed E-state index contributed by atoms with van der Waals surface area (Å²) >= 11 is 1.74. The molecule has 1 aliphatic heterocycles. The highest BCUT2D eigenvalue weighted by atomic mass is 32.1. The fourth-order valence-electron chi connectivity index (χ4n) is 1.34. The van der Waals surface area contributed by atoms with Crippen molar-refractivity contribution in [2.75, 3.05) is 31.1 Å². The van der Waals surface area contributed by atoms with Crippen molar-refractivity contribution >= 4 is 16.5 Å². The summed E-state index contributed by atoms with van der Waals surface area (Å²) < 4.78 is 0. The van der Waals surface area contributed by atoms with Crippen molar-refractivity contribution in [1.82, 2.24) is 10.3 Å². The van der Waals surface area contributed by atoms with Gasteiger partial charge in [-0.2, -0.15) is 0 Å². The highest BCUT2D eigenvalue weighted by Crippen LogP contribution is 2.19. The monoisotopic (exact) mass is 213 g/mol. The molecule has 0 bridgehead atoms.